The molecule has 0 aliphatic heterocycles. The van der Waals surface area contributed by atoms with Gasteiger partial charge in [-0.15, -0.1) is 0 Å². The minimum atomic E-state index is 0.739. The van der Waals surface area contributed by atoms with Crippen molar-refractivity contribution in [3.05, 3.63) is 21.7 Å². The van der Waals surface area contributed by atoms with E-state index in [-0.39, 0.29) is 0 Å². The highest BCUT2D eigenvalue weighted by molar-refractivity contribution is 9.09. The maximum absolute atomic E-state index is 6.32. The lowest BCUT2D eigenvalue weighted by Gasteiger charge is -2.25. The molecule has 16 heavy (non-hydrogen) atoms. The Kier molecular flexibility index (Phi) is 4.51. The molecule has 2 nitrogen and oxygen atoms in total. The molecule has 0 saturated carbocycles. The Labute approximate surface area is 111 Å². The van der Waals surface area contributed by atoms with E-state index < -0.39 is 0 Å². The molecule has 0 aliphatic rings. The number of alkyl halides is 1. The van der Waals surface area contributed by atoms with Crippen molar-refractivity contribution in [1.82, 2.24) is 0 Å². The second kappa shape index (κ2) is 5.28. The molecule has 1 aromatic carbocycles. The quantitative estimate of drug-likeness (QED) is 0.617. The lowest BCUT2D eigenvalue weighted by Crippen LogP contribution is -2.17. The van der Waals surface area contributed by atoms with Crippen LogP contribution in [0.15, 0.2) is 0 Å². The van der Waals surface area contributed by atoms with Crippen LogP contribution < -0.4 is 9.64 Å². The molecule has 1 aromatic rings. The van der Waals surface area contributed by atoms with E-state index in [1.54, 1.807) is 7.11 Å². The van der Waals surface area contributed by atoms with Gasteiger partial charge in [-0.25, -0.2) is 0 Å². The molecule has 0 heterocycles. The Bertz CT molecular complexity index is 407. The minimum absolute atomic E-state index is 0.739. The number of benzene rings is 1. The summed E-state index contributed by atoms with van der Waals surface area (Å²) in [6.45, 7) is 6.07. The van der Waals surface area contributed by atoms with Gasteiger partial charge in [-0.05, 0) is 37.5 Å². The lowest BCUT2D eigenvalue weighted by atomic mass is 10.0. The molecule has 90 valence electrons. The van der Waals surface area contributed by atoms with Crippen molar-refractivity contribution in [2.45, 2.75) is 20.8 Å². The molecular weight excluding hydrogens is 289 g/mol. The smallest absolute Gasteiger partial charge is 0.145 e. The van der Waals surface area contributed by atoms with E-state index in [1.165, 1.54) is 0 Å². The Morgan fingerprint density at radius 2 is 1.75 bits per heavy atom. The van der Waals surface area contributed by atoms with E-state index in [0.717, 1.165) is 38.6 Å². The Balaban J connectivity index is 3.57. The van der Waals surface area contributed by atoms with Gasteiger partial charge in [0.2, 0.25) is 0 Å². The molecule has 0 radical (unpaired) electrons. The average molecular weight is 307 g/mol. The van der Waals surface area contributed by atoms with Crippen LogP contribution in [0.3, 0.4) is 0 Å². The van der Waals surface area contributed by atoms with E-state index in [9.17, 15) is 0 Å². The third-order valence-electron chi connectivity index (χ3n) is 2.90. The van der Waals surface area contributed by atoms with Gasteiger partial charge in [0.15, 0.2) is 0 Å². The fraction of sp³-hybridized carbons (Fsp3) is 0.500. The van der Waals surface area contributed by atoms with Gasteiger partial charge >= 0.3 is 0 Å². The number of nitrogens with zero attached hydrogens (tertiary/aromatic N) is 1. The van der Waals surface area contributed by atoms with Crippen molar-refractivity contribution in [2.75, 3.05) is 24.5 Å². The molecule has 0 aliphatic carbocycles. The SMILES string of the molecule is COc1c(C)c(C)c(Cl)c(C)c1N(C)CBr. The normalized spacial score (nSPS) is 10.4. The van der Waals surface area contributed by atoms with Crippen LogP contribution in [0.4, 0.5) is 5.69 Å². The van der Waals surface area contributed by atoms with Gasteiger partial charge in [0.25, 0.3) is 0 Å². The van der Waals surface area contributed by atoms with Crippen molar-refractivity contribution in [1.29, 1.82) is 0 Å². The molecule has 0 spiro atoms. The van der Waals surface area contributed by atoms with Gasteiger partial charge in [-0.1, -0.05) is 27.5 Å². The summed E-state index contributed by atoms with van der Waals surface area (Å²) in [5.41, 5.74) is 5.03. The van der Waals surface area contributed by atoms with Crippen LogP contribution in [0, 0.1) is 20.8 Å². The van der Waals surface area contributed by atoms with E-state index in [2.05, 4.69) is 20.8 Å². The Morgan fingerprint density at radius 3 is 2.19 bits per heavy atom. The third-order valence-corrected chi connectivity index (χ3v) is 4.22. The molecule has 0 unspecified atom stereocenters. The maximum atomic E-state index is 6.32. The van der Waals surface area contributed by atoms with Crippen molar-refractivity contribution >= 4 is 33.2 Å². The van der Waals surface area contributed by atoms with Gasteiger partial charge in [0.05, 0.1) is 18.3 Å². The largest absolute Gasteiger partial charge is 0.494 e. The first-order chi connectivity index (χ1) is 7.45. The molecule has 0 atom stereocenters. The van der Waals surface area contributed by atoms with E-state index in [0.29, 0.717) is 0 Å². The van der Waals surface area contributed by atoms with E-state index in [4.69, 9.17) is 16.3 Å². The maximum Gasteiger partial charge on any atom is 0.145 e. The molecule has 0 N–H and O–H groups in total. The number of ether oxygens (including phenoxy) is 1. The molecule has 1 rings (SSSR count). The van der Waals surface area contributed by atoms with Gasteiger partial charge in [0, 0.05) is 12.1 Å². The van der Waals surface area contributed by atoms with Crippen LogP contribution in [0.5, 0.6) is 5.75 Å². The lowest BCUT2D eigenvalue weighted by molar-refractivity contribution is 0.411. The fourth-order valence-corrected chi connectivity index (χ4v) is 2.32. The number of hydrogen-bond acceptors (Lipinski definition) is 2. The van der Waals surface area contributed by atoms with Crippen LogP contribution in [0.25, 0.3) is 0 Å². The molecule has 0 fully saturated rings. The minimum Gasteiger partial charge on any atom is -0.494 e. The standard InChI is InChI=1S/C12H17BrClNO/c1-7-8(2)12(16-5)11(15(4)6-13)9(3)10(7)14/h6H2,1-5H3. The van der Waals surface area contributed by atoms with Crippen molar-refractivity contribution < 1.29 is 4.74 Å². The molecule has 0 saturated heterocycles. The summed E-state index contributed by atoms with van der Waals surface area (Å²) < 4.78 is 5.49. The third kappa shape index (κ3) is 2.16. The summed E-state index contributed by atoms with van der Waals surface area (Å²) in [6, 6.07) is 0. The van der Waals surface area contributed by atoms with E-state index in [1.807, 2.05) is 27.8 Å². The average Bonchev–Trinajstić information content (AvgIpc) is 2.29. The zero-order valence-corrected chi connectivity index (χ0v) is 12.7. The van der Waals surface area contributed by atoms with Crippen LogP contribution in [0.1, 0.15) is 16.7 Å². The van der Waals surface area contributed by atoms with Gasteiger partial charge in [-0.2, -0.15) is 0 Å². The predicted molar refractivity (Wildman–Crippen MR) is 74.4 cm³/mol. The van der Waals surface area contributed by atoms with Crippen LogP contribution in [-0.2, 0) is 0 Å². The number of halogens is 2. The number of anilines is 1. The van der Waals surface area contributed by atoms with E-state index >= 15 is 0 Å². The molecular formula is C12H17BrClNO. The molecule has 0 bridgehead atoms. The number of hydrogen-bond donors (Lipinski definition) is 0. The summed E-state index contributed by atoms with van der Waals surface area (Å²) in [4.78, 5) is 2.08. The summed E-state index contributed by atoms with van der Waals surface area (Å²) in [6.07, 6.45) is 0. The van der Waals surface area contributed by atoms with Crippen molar-refractivity contribution in [3.8, 4) is 5.75 Å². The molecule has 4 heteroatoms. The zero-order valence-electron chi connectivity index (χ0n) is 10.3. The summed E-state index contributed by atoms with van der Waals surface area (Å²) >= 11 is 9.76. The van der Waals surface area contributed by atoms with Crippen molar-refractivity contribution in [3.63, 3.8) is 0 Å². The number of methoxy groups -OCH3 is 1. The highest BCUT2D eigenvalue weighted by atomic mass is 79.9. The highest BCUT2D eigenvalue weighted by Gasteiger charge is 2.19. The first-order valence-electron chi connectivity index (χ1n) is 5.06. The predicted octanol–water partition coefficient (Wildman–Crippen LogP) is 4.06. The fourth-order valence-electron chi connectivity index (χ4n) is 1.84. The topological polar surface area (TPSA) is 12.5 Å². The highest BCUT2D eigenvalue weighted by Crippen LogP contribution is 2.41. The Morgan fingerprint density at radius 1 is 1.19 bits per heavy atom. The first kappa shape index (κ1) is 13.7. The first-order valence-corrected chi connectivity index (χ1v) is 6.56. The summed E-state index contributed by atoms with van der Waals surface area (Å²) in [7, 11) is 3.70. The molecule has 0 amide bonds. The summed E-state index contributed by atoms with van der Waals surface area (Å²) in [5.74, 6) is 0.904. The van der Waals surface area contributed by atoms with Gasteiger partial charge < -0.3 is 9.64 Å². The Hall–Kier alpha value is -0.410. The van der Waals surface area contributed by atoms with Crippen LogP contribution in [-0.4, -0.2) is 19.6 Å². The van der Waals surface area contributed by atoms with Gasteiger partial charge in [0.1, 0.15) is 5.75 Å². The second-order valence-electron chi connectivity index (χ2n) is 3.89. The second-order valence-corrected chi connectivity index (χ2v) is 4.77. The summed E-state index contributed by atoms with van der Waals surface area (Å²) in [5, 5.41) is 0.820. The zero-order chi connectivity index (χ0) is 12.5. The van der Waals surface area contributed by atoms with Crippen molar-refractivity contribution in [2.24, 2.45) is 0 Å². The monoisotopic (exact) mass is 305 g/mol. The number of rotatable bonds is 3. The van der Waals surface area contributed by atoms with Crippen LogP contribution >= 0.6 is 27.5 Å². The van der Waals surface area contributed by atoms with Crippen LogP contribution in [0.2, 0.25) is 5.02 Å². The van der Waals surface area contributed by atoms with Gasteiger partial charge in [-0.3, -0.25) is 0 Å². The molecule has 0 aromatic heterocycles.